The Balaban J connectivity index is 0.000000261. The summed E-state index contributed by atoms with van der Waals surface area (Å²) in [6.07, 6.45) is 1.49. The molecule has 2 N–H and O–H groups in total. The van der Waals surface area contributed by atoms with Gasteiger partial charge in [0.15, 0.2) is 0 Å². The summed E-state index contributed by atoms with van der Waals surface area (Å²) >= 11 is 4.67. The molecule has 66 valence electrons. The fourth-order valence-electron chi connectivity index (χ4n) is 0.419. The van der Waals surface area contributed by atoms with Crippen LogP contribution >= 0.6 is 12.2 Å². The molecular formula is C7H9NO3S. The third-order valence-electron chi connectivity index (χ3n) is 0.803. The van der Waals surface area contributed by atoms with E-state index in [2.05, 4.69) is 12.2 Å². The molecular weight excluding hydrogens is 178 g/mol. The Morgan fingerprint density at radius 2 is 2.08 bits per heavy atom. The first kappa shape index (κ1) is 10.6. The van der Waals surface area contributed by atoms with Crippen LogP contribution in [0.15, 0.2) is 24.4 Å². The summed E-state index contributed by atoms with van der Waals surface area (Å²) in [5.74, 6) is -0.833. The van der Waals surface area contributed by atoms with E-state index < -0.39 is 5.97 Å². The van der Waals surface area contributed by atoms with Crippen molar-refractivity contribution in [3.63, 3.8) is 0 Å². The molecule has 12 heavy (non-hydrogen) atoms. The molecule has 0 aliphatic heterocycles. The normalized spacial score (nSPS) is 8.08. The third-order valence-corrected chi connectivity index (χ3v) is 1.13. The summed E-state index contributed by atoms with van der Waals surface area (Å²) in [5, 5.41) is 16.1. The molecule has 0 unspecified atom stereocenters. The molecule has 0 fully saturated rings. The van der Waals surface area contributed by atoms with E-state index in [0.717, 1.165) is 11.7 Å². The van der Waals surface area contributed by atoms with Gasteiger partial charge in [-0.25, -0.2) is 0 Å². The van der Waals surface area contributed by atoms with Gasteiger partial charge in [-0.1, -0.05) is 18.3 Å². The molecule has 0 atom stereocenters. The maximum atomic E-state index is 9.00. The molecule has 0 bridgehead atoms. The van der Waals surface area contributed by atoms with E-state index >= 15 is 0 Å². The molecule has 0 radical (unpaired) electrons. The van der Waals surface area contributed by atoms with Crippen LogP contribution in [0, 0.1) is 4.64 Å². The van der Waals surface area contributed by atoms with Crippen LogP contribution in [0.5, 0.6) is 0 Å². The summed E-state index contributed by atoms with van der Waals surface area (Å²) in [4.78, 5) is 9.00. The molecule has 1 heterocycles. The lowest BCUT2D eigenvalue weighted by Crippen LogP contribution is -1.89. The SMILES string of the molecule is CC(=O)O.On1ccccc1=S. The van der Waals surface area contributed by atoms with E-state index in [4.69, 9.17) is 15.1 Å². The zero-order chi connectivity index (χ0) is 9.56. The number of aliphatic carboxylic acids is 1. The van der Waals surface area contributed by atoms with Gasteiger partial charge in [0.1, 0.15) is 4.64 Å². The molecule has 0 saturated heterocycles. The summed E-state index contributed by atoms with van der Waals surface area (Å²) in [5.41, 5.74) is 0. The molecule has 1 aromatic rings. The summed E-state index contributed by atoms with van der Waals surface area (Å²) < 4.78 is 1.32. The van der Waals surface area contributed by atoms with E-state index in [-0.39, 0.29) is 0 Å². The number of rotatable bonds is 0. The Hall–Kier alpha value is -1.36. The number of carboxylic acids is 1. The predicted octanol–water partition coefficient (Wildman–Crippen LogP) is 1.55. The van der Waals surface area contributed by atoms with Crippen molar-refractivity contribution in [2.45, 2.75) is 6.92 Å². The van der Waals surface area contributed by atoms with Crippen LogP contribution in [0.3, 0.4) is 0 Å². The number of pyridine rings is 1. The van der Waals surface area contributed by atoms with E-state index in [1.165, 1.54) is 6.20 Å². The first-order chi connectivity index (χ1) is 5.54. The lowest BCUT2D eigenvalue weighted by molar-refractivity contribution is -0.134. The predicted molar refractivity (Wildman–Crippen MR) is 45.8 cm³/mol. The second-order valence-electron chi connectivity index (χ2n) is 1.90. The smallest absolute Gasteiger partial charge is 0.300 e. The zero-order valence-corrected chi connectivity index (χ0v) is 7.28. The minimum atomic E-state index is -0.833. The number of carbonyl (C=O) groups is 1. The van der Waals surface area contributed by atoms with Crippen LogP contribution in [0.2, 0.25) is 0 Å². The van der Waals surface area contributed by atoms with Crippen molar-refractivity contribution in [3.8, 4) is 0 Å². The van der Waals surface area contributed by atoms with Crippen LogP contribution in [0.25, 0.3) is 0 Å². The third kappa shape index (κ3) is 5.43. The first-order valence-corrected chi connectivity index (χ1v) is 3.51. The highest BCUT2D eigenvalue weighted by atomic mass is 32.1. The highest BCUT2D eigenvalue weighted by molar-refractivity contribution is 7.71. The average molecular weight is 187 g/mol. The molecule has 0 saturated carbocycles. The van der Waals surface area contributed by atoms with Gasteiger partial charge in [0.25, 0.3) is 5.97 Å². The van der Waals surface area contributed by atoms with E-state index in [1.807, 2.05) is 0 Å². The van der Waals surface area contributed by atoms with Gasteiger partial charge in [-0.15, -0.1) is 0 Å². The van der Waals surface area contributed by atoms with Crippen LogP contribution in [-0.4, -0.2) is 21.0 Å². The fourth-order valence-corrected chi connectivity index (χ4v) is 0.558. The van der Waals surface area contributed by atoms with Gasteiger partial charge in [0, 0.05) is 13.1 Å². The fraction of sp³-hybridized carbons (Fsp3) is 0.143. The number of hydrogen-bond donors (Lipinski definition) is 2. The van der Waals surface area contributed by atoms with Gasteiger partial charge >= 0.3 is 0 Å². The minimum absolute atomic E-state index is 0.424. The van der Waals surface area contributed by atoms with Crippen molar-refractivity contribution in [3.05, 3.63) is 29.0 Å². The summed E-state index contributed by atoms with van der Waals surface area (Å²) in [7, 11) is 0. The Bertz CT molecular complexity index is 304. The highest BCUT2D eigenvalue weighted by Crippen LogP contribution is 1.86. The molecule has 1 rings (SSSR count). The maximum Gasteiger partial charge on any atom is 0.300 e. The average Bonchev–Trinajstić information content (AvgIpc) is 1.94. The highest BCUT2D eigenvalue weighted by Gasteiger charge is 1.77. The molecule has 4 nitrogen and oxygen atoms in total. The van der Waals surface area contributed by atoms with Crippen molar-refractivity contribution in [1.82, 2.24) is 4.73 Å². The Kier molecular flexibility index (Phi) is 4.71. The maximum absolute atomic E-state index is 9.00. The monoisotopic (exact) mass is 187 g/mol. The summed E-state index contributed by atoms with van der Waals surface area (Å²) in [6, 6.07) is 5.13. The van der Waals surface area contributed by atoms with Gasteiger partial charge in [0.05, 0.1) is 0 Å². The number of hydrogen-bond acceptors (Lipinski definition) is 3. The van der Waals surface area contributed by atoms with Gasteiger partial charge in [0.2, 0.25) is 0 Å². The Labute approximate surface area is 74.7 Å². The van der Waals surface area contributed by atoms with Crippen molar-refractivity contribution in [2.24, 2.45) is 0 Å². The molecule has 1 aromatic heterocycles. The van der Waals surface area contributed by atoms with E-state index in [1.54, 1.807) is 18.2 Å². The lowest BCUT2D eigenvalue weighted by Gasteiger charge is -1.90. The quantitative estimate of drug-likeness (QED) is 0.477. The first-order valence-electron chi connectivity index (χ1n) is 3.10. The number of nitrogens with zero attached hydrogens (tertiary/aromatic N) is 1. The van der Waals surface area contributed by atoms with Crippen molar-refractivity contribution < 1.29 is 15.1 Å². The largest absolute Gasteiger partial charge is 0.481 e. The standard InChI is InChI=1S/C5H5NOS.C2H4O2/c7-6-4-2-1-3-5(6)8;1-2(3)4/h1-4,7H;1H3,(H,3,4). The van der Waals surface area contributed by atoms with Gasteiger partial charge in [-0.2, -0.15) is 4.73 Å². The number of carboxylic acid groups (broad SMARTS) is 1. The van der Waals surface area contributed by atoms with Crippen LogP contribution in [0.1, 0.15) is 6.92 Å². The van der Waals surface area contributed by atoms with Crippen LogP contribution in [-0.2, 0) is 4.79 Å². The van der Waals surface area contributed by atoms with Crippen LogP contribution < -0.4 is 0 Å². The summed E-state index contributed by atoms with van der Waals surface area (Å²) in [6.45, 7) is 1.08. The van der Waals surface area contributed by atoms with E-state index in [9.17, 15) is 0 Å². The second-order valence-corrected chi connectivity index (χ2v) is 2.32. The molecule has 0 aromatic carbocycles. The van der Waals surface area contributed by atoms with Crippen molar-refractivity contribution in [2.75, 3.05) is 0 Å². The van der Waals surface area contributed by atoms with Gasteiger partial charge in [-0.05, 0) is 12.1 Å². The van der Waals surface area contributed by atoms with Crippen molar-refractivity contribution in [1.29, 1.82) is 0 Å². The van der Waals surface area contributed by atoms with E-state index in [0.29, 0.717) is 4.64 Å². The Morgan fingerprint density at radius 1 is 1.58 bits per heavy atom. The zero-order valence-electron chi connectivity index (χ0n) is 6.47. The number of aromatic nitrogens is 1. The second kappa shape index (κ2) is 5.31. The molecule has 0 aliphatic rings. The molecule has 5 heteroatoms. The van der Waals surface area contributed by atoms with Crippen molar-refractivity contribution >= 4 is 18.2 Å². The van der Waals surface area contributed by atoms with Crippen LogP contribution in [0.4, 0.5) is 0 Å². The van der Waals surface area contributed by atoms with Gasteiger partial charge < -0.3 is 10.3 Å². The molecule has 0 aliphatic carbocycles. The lowest BCUT2D eigenvalue weighted by atomic mass is 10.5. The minimum Gasteiger partial charge on any atom is -0.481 e. The van der Waals surface area contributed by atoms with Gasteiger partial charge in [-0.3, -0.25) is 4.79 Å². The molecule has 0 amide bonds. The Morgan fingerprint density at radius 3 is 2.33 bits per heavy atom. The topological polar surface area (TPSA) is 62.5 Å². The molecule has 0 spiro atoms.